The number of nitrogens with one attached hydrogen (secondary N) is 1. The number of carbonyl (C=O) groups is 1. The first-order valence-electron chi connectivity index (χ1n) is 9.62. The zero-order valence-electron chi connectivity index (χ0n) is 17.8. The summed E-state index contributed by atoms with van der Waals surface area (Å²) in [6.45, 7) is 6.75. The predicted octanol–water partition coefficient (Wildman–Crippen LogP) is 3.92. The van der Waals surface area contributed by atoms with E-state index in [0.717, 1.165) is 28.2 Å². The fraction of sp³-hybridized carbons (Fsp3) is 0.435. The van der Waals surface area contributed by atoms with Crippen molar-refractivity contribution in [1.29, 1.82) is 0 Å². The maximum atomic E-state index is 12.4. The lowest BCUT2D eigenvalue weighted by Crippen LogP contribution is -2.37. The van der Waals surface area contributed by atoms with Gasteiger partial charge in [0.25, 0.3) is 5.91 Å². The van der Waals surface area contributed by atoms with Gasteiger partial charge < -0.3 is 19.7 Å². The molecule has 2 aromatic rings. The van der Waals surface area contributed by atoms with Gasteiger partial charge in [0.15, 0.2) is 6.61 Å². The third-order valence-corrected chi connectivity index (χ3v) is 4.74. The lowest BCUT2D eigenvalue weighted by molar-refractivity contribution is -0.123. The molecular weight excluding hydrogens is 352 g/mol. The Hall–Kier alpha value is -2.53. The second kappa shape index (κ2) is 10.1. The molecule has 2 rings (SSSR count). The van der Waals surface area contributed by atoms with E-state index in [4.69, 9.17) is 9.47 Å². The highest BCUT2D eigenvalue weighted by Crippen LogP contribution is 2.27. The number of likely N-dealkylation sites (N-methyl/N-ethyl adjacent to an activating group) is 1. The standard InChI is InChI=1S/C23H32N2O3/c1-16(2)20-11-10-17(3)12-22(20)28-15-23(26)24-14-21(25(4)5)18-8-7-9-19(13-18)27-6/h7-13,16,21H,14-15H2,1-6H3,(H,24,26)/t21-/m1/s1. The van der Waals surface area contributed by atoms with Crippen LogP contribution in [0.15, 0.2) is 42.5 Å². The Morgan fingerprint density at radius 3 is 2.54 bits per heavy atom. The second-order valence-electron chi connectivity index (χ2n) is 7.54. The molecule has 5 heteroatoms. The van der Waals surface area contributed by atoms with Crippen LogP contribution in [0.1, 0.15) is 42.5 Å². The molecule has 0 saturated carbocycles. The van der Waals surface area contributed by atoms with Crippen LogP contribution in [0.25, 0.3) is 0 Å². The summed E-state index contributed by atoms with van der Waals surface area (Å²) in [5.74, 6) is 1.79. The van der Waals surface area contributed by atoms with Gasteiger partial charge in [-0.05, 0) is 61.8 Å². The van der Waals surface area contributed by atoms with E-state index in [2.05, 4.69) is 36.2 Å². The van der Waals surface area contributed by atoms with E-state index >= 15 is 0 Å². The zero-order chi connectivity index (χ0) is 20.7. The summed E-state index contributed by atoms with van der Waals surface area (Å²) < 4.78 is 11.1. The summed E-state index contributed by atoms with van der Waals surface area (Å²) in [6.07, 6.45) is 0. The summed E-state index contributed by atoms with van der Waals surface area (Å²) in [5.41, 5.74) is 3.32. The van der Waals surface area contributed by atoms with Gasteiger partial charge in [0, 0.05) is 6.54 Å². The topological polar surface area (TPSA) is 50.8 Å². The fourth-order valence-electron chi connectivity index (χ4n) is 3.10. The average Bonchev–Trinajstić information content (AvgIpc) is 2.66. The first kappa shape index (κ1) is 21.8. The molecule has 0 fully saturated rings. The van der Waals surface area contributed by atoms with Crippen LogP contribution >= 0.6 is 0 Å². The van der Waals surface area contributed by atoms with Crippen LogP contribution in [0.4, 0.5) is 0 Å². The third-order valence-electron chi connectivity index (χ3n) is 4.74. The van der Waals surface area contributed by atoms with Crippen LogP contribution in [0, 0.1) is 6.92 Å². The Morgan fingerprint density at radius 2 is 1.89 bits per heavy atom. The van der Waals surface area contributed by atoms with Crippen LogP contribution in [-0.2, 0) is 4.79 Å². The molecule has 1 amide bonds. The Balaban J connectivity index is 1.98. The molecule has 1 atom stereocenters. The molecule has 0 saturated heterocycles. The molecule has 0 heterocycles. The number of ether oxygens (including phenoxy) is 2. The summed E-state index contributed by atoms with van der Waals surface area (Å²) in [6, 6.07) is 14.1. The molecule has 28 heavy (non-hydrogen) atoms. The normalized spacial score (nSPS) is 12.1. The highest BCUT2D eigenvalue weighted by molar-refractivity contribution is 5.77. The highest BCUT2D eigenvalue weighted by Gasteiger charge is 2.17. The molecule has 0 aliphatic rings. The number of amides is 1. The van der Waals surface area contributed by atoms with Gasteiger partial charge in [-0.15, -0.1) is 0 Å². The number of nitrogens with zero attached hydrogens (tertiary/aromatic N) is 1. The Bertz CT molecular complexity index is 787. The Labute approximate surface area is 168 Å². The van der Waals surface area contributed by atoms with Crippen molar-refractivity contribution in [2.75, 3.05) is 34.4 Å². The maximum Gasteiger partial charge on any atom is 0.258 e. The number of hydrogen-bond acceptors (Lipinski definition) is 4. The van der Waals surface area contributed by atoms with Crippen molar-refractivity contribution in [3.8, 4) is 11.5 Å². The molecule has 0 aliphatic carbocycles. The van der Waals surface area contributed by atoms with E-state index in [9.17, 15) is 4.79 Å². The molecule has 0 radical (unpaired) electrons. The van der Waals surface area contributed by atoms with E-state index in [0.29, 0.717) is 12.5 Å². The van der Waals surface area contributed by atoms with Crippen molar-refractivity contribution in [2.45, 2.75) is 32.7 Å². The van der Waals surface area contributed by atoms with Gasteiger partial charge in [0.2, 0.25) is 0 Å². The van der Waals surface area contributed by atoms with Crippen LogP contribution in [0.2, 0.25) is 0 Å². The third kappa shape index (κ3) is 5.99. The molecule has 2 aromatic carbocycles. The summed E-state index contributed by atoms with van der Waals surface area (Å²) >= 11 is 0. The van der Waals surface area contributed by atoms with Crippen LogP contribution in [-0.4, -0.2) is 45.2 Å². The van der Waals surface area contributed by atoms with Gasteiger partial charge in [0.05, 0.1) is 13.2 Å². The van der Waals surface area contributed by atoms with E-state index < -0.39 is 0 Å². The van der Waals surface area contributed by atoms with Crippen LogP contribution < -0.4 is 14.8 Å². The molecule has 0 aromatic heterocycles. The van der Waals surface area contributed by atoms with Crippen molar-refractivity contribution < 1.29 is 14.3 Å². The van der Waals surface area contributed by atoms with Gasteiger partial charge >= 0.3 is 0 Å². The predicted molar refractivity (Wildman–Crippen MR) is 113 cm³/mol. The van der Waals surface area contributed by atoms with Gasteiger partial charge in [0.1, 0.15) is 11.5 Å². The molecule has 1 N–H and O–H groups in total. The van der Waals surface area contributed by atoms with E-state index in [1.807, 2.05) is 51.4 Å². The minimum absolute atomic E-state index is 0.00142. The van der Waals surface area contributed by atoms with Gasteiger partial charge in [-0.25, -0.2) is 0 Å². The van der Waals surface area contributed by atoms with Gasteiger partial charge in [-0.1, -0.05) is 38.1 Å². The maximum absolute atomic E-state index is 12.4. The Kier molecular flexibility index (Phi) is 7.88. The molecule has 152 valence electrons. The van der Waals surface area contributed by atoms with Gasteiger partial charge in [-0.3, -0.25) is 4.79 Å². The van der Waals surface area contributed by atoms with Crippen LogP contribution in [0.3, 0.4) is 0 Å². The Morgan fingerprint density at radius 1 is 1.14 bits per heavy atom. The number of hydrogen-bond donors (Lipinski definition) is 1. The number of rotatable bonds is 9. The number of methoxy groups -OCH3 is 1. The lowest BCUT2D eigenvalue weighted by Gasteiger charge is -2.25. The largest absolute Gasteiger partial charge is 0.497 e. The van der Waals surface area contributed by atoms with Gasteiger partial charge in [-0.2, -0.15) is 0 Å². The first-order valence-corrected chi connectivity index (χ1v) is 9.62. The number of aryl methyl sites for hydroxylation is 1. The first-order chi connectivity index (χ1) is 13.3. The van der Waals surface area contributed by atoms with Crippen molar-refractivity contribution in [3.05, 3.63) is 59.2 Å². The summed E-state index contributed by atoms with van der Waals surface area (Å²) in [5, 5.41) is 2.99. The van der Waals surface area contributed by atoms with E-state index in [1.165, 1.54) is 0 Å². The molecule has 0 aliphatic heterocycles. The monoisotopic (exact) mass is 384 g/mol. The minimum Gasteiger partial charge on any atom is -0.497 e. The SMILES string of the molecule is COc1cccc([C@@H](CNC(=O)COc2cc(C)ccc2C(C)C)N(C)C)c1. The fourth-order valence-corrected chi connectivity index (χ4v) is 3.10. The van der Waals surface area contributed by atoms with Crippen molar-refractivity contribution in [2.24, 2.45) is 0 Å². The molecule has 0 bridgehead atoms. The second-order valence-corrected chi connectivity index (χ2v) is 7.54. The lowest BCUT2D eigenvalue weighted by atomic mass is 10.0. The number of carbonyl (C=O) groups excluding carboxylic acids is 1. The molecule has 5 nitrogen and oxygen atoms in total. The minimum atomic E-state index is -0.133. The van der Waals surface area contributed by atoms with E-state index in [1.54, 1.807) is 7.11 Å². The number of benzene rings is 2. The summed E-state index contributed by atoms with van der Waals surface area (Å²) in [4.78, 5) is 14.5. The quantitative estimate of drug-likeness (QED) is 0.712. The average molecular weight is 385 g/mol. The highest BCUT2D eigenvalue weighted by atomic mass is 16.5. The molecule has 0 spiro atoms. The summed E-state index contributed by atoms with van der Waals surface area (Å²) in [7, 11) is 5.64. The zero-order valence-corrected chi connectivity index (χ0v) is 17.8. The van der Waals surface area contributed by atoms with Crippen molar-refractivity contribution >= 4 is 5.91 Å². The smallest absolute Gasteiger partial charge is 0.258 e. The van der Waals surface area contributed by atoms with Crippen molar-refractivity contribution in [3.63, 3.8) is 0 Å². The van der Waals surface area contributed by atoms with Crippen molar-refractivity contribution in [1.82, 2.24) is 10.2 Å². The molecular formula is C23H32N2O3. The van der Waals surface area contributed by atoms with E-state index in [-0.39, 0.29) is 18.6 Å². The molecule has 0 unspecified atom stereocenters. The van der Waals surface area contributed by atoms with Crippen LogP contribution in [0.5, 0.6) is 11.5 Å².